The number of rotatable bonds is 9. The molecule has 0 aliphatic carbocycles. The summed E-state index contributed by atoms with van der Waals surface area (Å²) in [5.74, 6) is 0.720. The molecule has 1 aromatic rings. The molecule has 1 atom stereocenters. The third-order valence-corrected chi connectivity index (χ3v) is 3.11. The average Bonchev–Trinajstić information content (AvgIpc) is 2.45. The normalized spacial score (nSPS) is 12.2. The molecule has 5 heteroatoms. The van der Waals surface area contributed by atoms with Gasteiger partial charge in [0.2, 0.25) is 5.91 Å². The Morgan fingerprint density at radius 2 is 2.19 bits per heavy atom. The van der Waals surface area contributed by atoms with Gasteiger partial charge in [-0.05, 0) is 38.2 Å². The highest BCUT2D eigenvalue weighted by Gasteiger charge is 2.11. The van der Waals surface area contributed by atoms with E-state index in [9.17, 15) is 4.79 Å². The number of amides is 1. The Morgan fingerprint density at radius 1 is 1.43 bits per heavy atom. The van der Waals surface area contributed by atoms with Crippen molar-refractivity contribution in [3.8, 4) is 5.75 Å². The lowest BCUT2D eigenvalue weighted by atomic mass is 10.1. The Bertz CT molecular complexity index is 435. The lowest BCUT2D eigenvalue weighted by Crippen LogP contribution is -2.40. The van der Waals surface area contributed by atoms with Crippen LogP contribution in [0.4, 0.5) is 0 Å². The molecule has 0 radical (unpaired) electrons. The highest BCUT2D eigenvalue weighted by Crippen LogP contribution is 2.13. The standard InChI is InChI=1S/C16H27N3O2/c1-4-6-15(17)16(20)18-12-13-7-5-8-14(11-13)21-10-9-19(2)3/h5,7-8,11,15H,4,6,9-10,12,17H2,1-3H3,(H,18,20). The van der Waals surface area contributed by atoms with E-state index in [0.29, 0.717) is 19.6 Å². The van der Waals surface area contributed by atoms with Crippen molar-refractivity contribution in [1.82, 2.24) is 10.2 Å². The number of hydrogen-bond donors (Lipinski definition) is 2. The van der Waals surface area contributed by atoms with Crippen LogP contribution in [0.25, 0.3) is 0 Å². The second-order valence-corrected chi connectivity index (χ2v) is 5.41. The summed E-state index contributed by atoms with van der Waals surface area (Å²) in [7, 11) is 4.02. The first kappa shape index (κ1) is 17.5. The van der Waals surface area contributed by atoms with Crippen molar-refractivity contribution < 1.29 is 9.53 Å². The van der Waals surface area contributed by atoms with E-state index >= 15 is 0 Å². The molecule has 0 bridgehead atoms. The zero-order valence-corrected chi connectivity index (χ0v) is 13.3. The molecule has 0 saturated carbocycles. The van der Waals surface area contributed by atoms with Gasteiger partial charge in [-0.3, -0.25) is 4.79 Å². The van der Waals surface area contributed by atoms with Crippen molar-refractivity contribution in [3.63, 3.8) is 0 Å². The van der Waals surface area contributed by atoms with Gasteiger partial charge in [0, 0.05) is 13.1 Å². The van der Waals surface area contributed by atoms with Crippen LogP contribution in [0.5, 0.6) is 5.75 Å². The van der Waals surface area contributed by atoms with Crippen LogP contribution in [0.15, 0.2) is 24.3 Å². The van der Waals surface area contributed by atoms with Gasteiger partial charge < -0.3 is 20.7 Å². The Kier molecular flexibility index (Phi) is 7.79. The third-order valence-electron chi connectivity index (χ3n) is 3.11. The number of nitrogens with zero attached hydrogens (tertiary/aromatic N) is 1. The van der Waals surface area contributed by atoms with Gasteiger partial charge >= 0.3 is 0 Å². The minimum atomic E-state index is -0.422. The summed E-state index contributed by atoms with van der Waals surface area (Å²) < 4.78 is 5.67. The number of ether oxygens (including phenoxy) is 1. The van der Waals surface area contributed by atoms with Crippen molar-refractivity contribution in [2.24, 2.45) is 5.73 Å². The van der Waals surface area contributed by atoms with E-state index in [4.69, 9.17) is 10.5 Å². The third kappa shape index (κ3) is 7.11. The van der Waals surface area contributed by atoms with Gasteiger partial charge in [0.1, 0.15) is 12.4 Å². The average molecular weight is 293 g/mol. The lowest BCUT2D eigenvalue weighted by molar-refractivity contribution is -0.122. The van der Waals surface area contributed by atoms with E-state index in [1.165, 1.54) is 0 Å². The molecule has 0 heterocycles. The van der Waals surface area contributed by atoms with Crippen molar-refractivity contribution in [1.29, 1.82) is 0 Å². The Morgan fingerprint density at radius 3 is 2.86 bits per heavy atom. The van der Waals surface area contributed by atoms with E-state index in [-0.39, 0.29) is 5.91 Å². The fourth-order valence-corrected chi connectivity index (χ4v) is 1.85. The molecule has 1 aromatic carbocycles. The quantitative estimate of drug-likeness (QED) is 0.721. The zero-order valence-electron chi connectivity index (χ0n) is 13.3. The fraction of sp³-hybridized carbons (Fsp3) is 0.562. The molecule has 1 rings (SSSR count). The van der Waals surface area contributed by atoms with Crippen molar-refractivity contribution >= 4 is 5.91 Å². The Balaban J connectivity index is 2.43. The first-order valence-electron chi connectivity index (χ1n) is 7.42. The number of hydrogen-bond acceptors (Lipinski definition) is 4. The minimum Gasteiger partial charge on any atom is -0.492 e. The highest BCUT2D eigenvalue weighted by molar-refractivity contribution is 5.81. The number of nitrogens with two attached hydrogens (primary N) is 1. The van der Waals surface area contributed by atoms with Gasteiger partial charge in [0.05, 0.1) is 6.04 Å². The number of carbonyl (C=O) groups excluding carboxylic acids is 1. The summed E-state index contributed by atoms with van der Waals surface area (Å²) >= 11 is 0. The Labute approximate surface area is 127 Å². The smallest absolute Gasteiger partial charge is 0.237 e. The molecule has 0 aromatic heterocycles. The summed E-state index contributed by atoms with van der Waals surface area (Å²) in [4.78, 5) is 13.8. The number of likely N-dealkylation sites (N-methyl/N-ethyl adjacent to an activating group) is 1. The SMILES string of the molecule is CCCC(N)C(=O)NCc1cccc(OCCN(C)C)c1. The summed E-state index contributed by atoms with van der Waals surface area (Å²) in [6.45, 7) is 4.00. The van der Waals surface area contributed by atoms with E-state index in [2.05, 4.69) is 10.2 Å². The summed E-state index contributed by atoms with van der Waals surface area (Å²) in [5.41, 5.74) is 6.78. The van der Waals surface area contributed by atoms with E-state index in [0.717, 1.165) is 24.3 Å². The number of nitrogens with one attached hydrogen (secondary N) is 1. The maximum atomic E-state index is 11.8. The topological polar surface area (TPSA) is 67.6 Å². The molecule has 0 spiro atoms. The van der Waals surface area contributed by atoms with Gasteiger partial charge in [-0.2, -0.15) is 0 Å². The van der Waals surface area contributed by atoms with Crippen LogP contribution in [-0.2, 0) is 11.3 Å². The first-order chi connectivity index (χ1) is 10.0. The van der Waals surface area contributed by atoms with Crippen molar-refractivity contribution in [2.75, 3.05) is 27.2 Å². The predicted molar refractivity (Wildman–Crippen MR) is 85.2 cm³/mol. The molecule has 5 nitrogen and oxygen atoms in total. The van der Waals surface area contributed by atoms with Crippen LogP contribution >= 0.6 is 0 Å². The van der Waals surface area contributed by atoms with Crippen LogP contribution in [0, 0.1) is 0 Å². The van der Waals surface area contributed by atoms with Crippen LogP contribution in [0.2, 0.25) is 0 Å². The second-order valence-electron chi connectivity index (χ2n) is 5.41. The molecule has 0 aliphatic heterocycles. The predicted octanol–water partition coefficient (Wildman–Crippen LogP) is 1.37. The minimum absolute atomic E-state index is 0.101. The monoisotopic (exact) mass is 293 g/mol. The molecular weight excluding hydrogens is 266 g/mol. The molecule has 0 fully saturated rings. The molecule has 1 amide bonds. The molecule has 0 saturated heterocycles. The Hall–Kier alpha value is -1.59. The maximum absolute atomic E-state index is 11.8. The second kappa shape index (κ2) is 9.37. The van der Waals surface area contributed by atoms with Crippen molar-refractivity contribution in [3.05, 3.63) is 29.8 Å². The van der Waals surface area contributed by atoms with Crippen LogP contribution in [0.1, 0.15) is 25.3 Å². The molecule has 3 N–H and O–H groups in total. The van der Waals surface area contributed by atoms with Gasteiger partial charge in [-0.1, -0.05) is 25.5 Å². The van der Waals surface area contributed by atoms with E-state index < -0.39 is 6.04 Å². The van der Waals surface area contributed by atoms with Crippen LogP contribution in [-0.4, -0.2) is 44.1 Å². The van der Waals surface area contributed by atoms with Gasteiger partial charge in [-0.15, -0.1) is 0 Å². The number of carbonyl (C=O) groups is 1. The molecule has 0 aliphatic rings. The highest BCUT2D eigenvalue weighted by atomic mass is 16.5. The van der Waals surface area contributed by atoms with Crippen LogP contribution < -0.4 is 15.8 Å². The lowest BCUT2D eigenvalue weighted by Gasteiger charge is -2.13. The van der Waals surface area contributed by atoms with Crippen LogP contribution in [0.3, 0.4) is 0 Å². The fourth-order valence-electron chi connectivity index (χ4n) is 1.85. The van der Waals surface area contributed by atoms with Gasteiger partial charge in [-0.25, -0.2) is 0 Å². The van der Waals surface area contributed by atoms with E-state index in [1.807, 2.05) is 45.3 Å². The van der Waals surface area contributed by atoms with Crippen molar-refractivity contribution in [2.45, 2.75) is 32.4 Å². The molecule has 118 valence electrons. The summed E-state index contributed by atoms with van der Waals surface area (Å²) in [6, 6.07) is 7.34. The maximum Gasteiger partial charge on any atom is 0.237 e. The molecule has 21 heavy (non-hydrogen) atoms. The first-order valence-corrected chi connectivity index (χ1v) is 7.42. The van der Waals surface area contributed by atoms with E-state index in [1.54, 1.807) is 0 Å². The zero-order chi connectivity index (χ0) is 15.7. The summed E-state index contributed by atoms with van der Waals surface area (Å²) in [5, 5.41) is 2.86. The molecule has 1 unspecified atom stereocenters. The largest absolute Gasteiger partial charge is 0.492 e. The molecular formula is C16H27N3O2. The summed E-state index contributed by atoms with van der Waals surface area (Å²) in [6.07, 6.45) is 1.61. The van der Waals surface area contributed by atoms with Gasteiger partial charge in [0.15, 0.2) is 0 Å². The number of benzene rings is 1. The van der Waals surface area contributed by atoms with Gasteiger partial charge in [0.25, 0.3) is 0 Å².